The summed E-state index contributed by atoms with van der Waals surface area (Å²) in [5, 5.41) is 5.76. The molecule has 0 aromatic heterocycles. The smallest absolute Gasteiger partial charge is 0.408 e. The van der Waals surface area contributed by atoms with E-state index in [0.717, 1.165) is 11.1 Å². The lowest BCUT2D eigenvalue weighted by atomic mass is 9.91. The topological polar surface area (TPSA) is 131 Å². The number of hydrogen-bond acceptors (Lipinski definition) is 5. The molecule has 2 unspecified atom stereocenters. The first-order valence-electron chi connectivity index (χ1n) is 13.2. The van der Waals surface area contributed by atoms with Gasteiger partial charge in [-0.15, -0.1) is 0 Å². The van der Waals surface area contributed by atoms with Gasteiger partial charge in [-0.3, -0.25) is 14.4 Å². The van der Waals surface area contributed by atoms with Gasteiger partial charge in [-0.1, -0.05) is 60.5 Å². The highest BCUT2D eigenvalue weighted by Crippen LogP contribution is 2.35. The molecular formula is C30H41ClN4O5. The first-order valence-corrected chi connectivity index (χ1v) is 13.6. The minimum absolute atomic E-state index is 0.349. The van der Waals surface area contributed by atoms with E-state index in [4.69, 9.17) is 22.1 Å². The molecule has 10 heteroatoms. The van der Waals surface area contributed by atoms with Crippen molar-refractivity contribution in [3.8, 4) is 0 Å². The van der Waals surface area contributed by atoms with Crippen LogP contribution in [0.1, 0.15) is 77.1 Å². The lowest BCUT2D eigenvalue weighted by molar-refractivity contribution is -0.148. The van der Waals surface area contributed by atoms with Crippen LogP contribution in [0.2, 0.25) is 5.02 Å². The Morgan fingerprint density at radius 1 is 1.02 bits per heavy atom. The number of aryl methyl sites for hydroxylation is 2. The fraction of sp³-hybridized carbons (Fsp3) is 0.467. The first-order chi connectivity index (χ1) is 18.5. The van der Waals surface area contributed by atoms with Crippen molar-refractivity contribution in [2.75, 3.05) is 5.32 Å². The molecule has 218 valence electrons. The van der Waals surface area contributed by atoms with Gasteiger partial charge in [0.25, 0.3) is 5.91 Å². The average Bonchev–Trinajstić information content (AvgIpc) is 2.82. The Morgan fingerprint density at radius 3 is 2.17 bits per heavy atom. The normalized spacial score (nSPS) is 13.1. The molecule has 0 saturated heterocycles. The molecule has 0 radical (unpaired) electrons. The Morgan fingerprint density at radius 2 is 1.65 bits per heavy atom. The molecule has 9 nitrogen and oxygen atoms in total. The number of nitrogens with zero attached hydrogens (tertiary/aromatic N) is 1. The molecule has 40 heavy (non-hydrogen) atoms. The monoisotopic (exact) mass is 572 g/mol. The second-order valence-corrected chi connectivity index (χ2v) is 11.9. The maximum absolute atomic E-state index is 14.3. The zero-order chi connectivity index (χ0) is 30.4. The van der Waals surface area contributed by atoms with E-state index in [0.29, 0.717) is 22.7 Å². The maximum atomic E-state index is 14.3. The van der Waals surface area contributed by atoms with Gasteiger partial charge in [0.2, 0.25) is 11.8 Å². The quantitative estimate of drug-likeness (QED) is 0.350. The van der Waals surface area contributed by atoms with E-state index in [1.807, 2.05) is 52.8 Å². The fourth-order valence-electron chi connectivity index (χ4n) is 4.20. The molecule has 0 heterocycles. The molecule has 4 amide bonds. The molecule has 0 aliphatic heterocycles. The van der Waals surface area contributed by atoms with Crippen LogP contribution in [0.5, 0.6) is 0 Å². The lowest BCUT2D eigenvalue weighted by Gasteiger charge is -2.44. The highest BCUT2D eigenvalue weighted by atomic mass is 35.5. The Balaban J connectivity index is 2.69. The highest BCUT2D eigenvalue weighted by Gasteiger charge is 2.43. The summed E-state index contributed by atoms with van der Waals surface area (Å²) in [6, 6.07) is 9.99. The number of nitrogens with one attached hydrogen (secondary N) is 2. The Bertz CT molecular complexity index is 1230. The summed E-state index contributed by atoms with van der Waals surface area (Å²) in [5.74, 6) is -1.97. The number of carbonyl (C=O) groups excluding carboxylic acids is 4. The number of rotatable bonds is 10. The standard InChI is InChI=1S/C30H41ClN4O5/c1-9-30(7,8)35(27(38)22(17-23(32)36)33-28(39)40-29(4,5)6)25(20-14-10-12-18(2)16-20)26(37)34-24-19(3)13-11-15-21(24)31/h10-16,22,25H,9,17H2,1-8H3,(H2,32,36)(H,33,39)(H,34,37). The number of alkyl carbamates (subject to hydrolysis) is 1. The van der Waals surface area contributed by atoms with Crippen molar-refractivity contribution in [2.24, 2.45) is 5.73 Å². The van der Waals surface area contributed by atoms with Gasteiger partial charge in [0.15, 0.2) is 0 Å². The second-order valence-electron chi connectivity index (χ2n) is 11.5. The molecule has 0 spiro atoms. The molecule has 0 aliphatic carbocycles. The van der Waals surface area contributed by atoms with E-state index in [1.54, 1.807) is 45.0 Å². The predicted molar refractivity (Wildman–Crippen MR) is 157 cm³/mol. The Labute approximate surface area is 241 Å². The van der Waals surface area contributed by atoms with Gasteiger partial charge in [0.1, 0.15) is 17.7 Å². The Hall–Kier alpha value is -3.59. The third kappa shape index (κ3) is 8.71. The van der Waals surface area contributed by atoms with E-state index in [2.05, 4.69) is 10.6 Å². The average molecular weight is 573 g/mol. The van der Waals surface area contributed by atoms with Crippen LogP contribution in [-0.4, -0.2) is 45.9 Å². The lowest BCUT2D eigenvalue weighted by Crippen LogP contribution is -2.59. The van der Waals surface area contributed by atoms with Crippen LogP contribution in [0.3, 0.4) is 0 Å². The van der Waals surface area contributed by atoms with E-state index in [9.17, 15) is 19.2 Å². The minimum atomic E-state index is -1.37. The summed E-state index contributed by atoms with van der Waals surface area (Å²) in [5.41, 5.74) is 6.34. The number of benzene rings is 2. The number of amides is 4. The molecule has 2 aromatic rings. The number of carbonyl (C=O) groups is 4. The molecule has 4 N–H and O–H groups in total. The predicted octanol–water partition coefficient (Wildman–Crippen LogP) is 5.42. The molecule has 2 aromatic carbocycles. The largest absolute Gasteiger partial charge is 0.444 e. The van der Waals surface area contributed by atoms with E-state index >= 15 is 0 Å². The summed E-state index contributed by atoms with van der Waals surface area (Å²) < 4.78 is 5.34. The minimum Gasteiger partial charge on any atom is -0.444 e. The summed E-state index contributed by atoms with van der Waals surface area (Å²) in [7, 11) is 0. The van der Waals surface area contributed by atoms with Crippen molar-refractivity contribution in [1.29, 1.82) is 0 Å². The van der Waals surface area contributed by atoms with Crippen LogP contribution in [0, 0.1) is 13.8 Å². The summed E-state index contributed by atoms with van der Waals surface area (Å²) >= 11 is 6.42. The van der Waals surface area contributed by atoms with Crippen LogP contribution >= 0.6 is 11.6 Å². The van der Waals surface area contributed by atoms with Gasteiger partial charge in [-0.25, -0.2) is 4.79 Å². The van der Waals surface area contributed by atoms with Crippen molar-refractivity contribution in [3.05, 3.63) is 64.2 Å². The van der Waals surface area contributed by atoms with Crippen LogP contribution < -0.4 is 16.4 Å². The number of para-hydroxylation sites is 1. The van der Waals surface area contributed by atoms with Crippen LogP contribution in [-0.2, 0) is 19.1 Å². The Kier molecular flexibility index (Phi) is 10.7. The molecular weight excluding hydrogens is 532 g/mol. The van der Waals surface area contributed by atoms with Crippen LogP contribution in [0.25, 0.3) is 0 Å². The fourth-order valence-corrected chi connectivity index (χ4v) is 4.47. The molecule has 2 rings (SSSR count). The molecule has 2 atom stereocenters. The van der Waals surface area contributed by atoms with Crippen molar-refractivity contribution in [3.63, 3.8) is 0 Å². The third-order valence-electron chi connectivity index (χ3n) is 6.48. The van der Waals surface area contributed by atoms with Gasteiger partial charge >= 0.3 is 6.09 Å². The summed E-state index contributed by atoms with van der Waals surface area (Å²) in [4.78, 5) is 54.6. The number of ether oxygens (including phenoxy) is 1. The van der Waals surface area contributed by atoms with E-state index < -0.39 is 53.5 Å². The number of primary amides is 1. The SMILES string of the molecule is CCC(C)(C)N(C(=O)C(CC(N)=O)NC(=O)OC(C)(C)C)C(C(=O)Nc1c(C)cccc1Cl)c1cccc(C)c1. The van der Waals surface area contributed by atoms with Crippen molar-refractivity contribution in [2.45, 2.75) is 91.5 Å². The van der Waals surface area contributed by atoms with Gasteiger partial charge < -0.3 is 26.0 Å². The first kappa shape index (κ1) is 32.6. The number of anilines is 1. The van der Waals surface area contributed by atoms with Gasteiger partial charge in [0, 0.05) is 5.54 Å². The highest BCUT2D eigenvalue weighted by molar-refractivity contribution is 6.34. The summed E-state index contributed by atoms with van der Waals surface area (Å²) in [6.45, 7) is 14.3. The van der Waals surface area contributed by atoms with E-state index in [1.165, 1.54) is 4.90 Å². The number of nitrogens with two attached hydrogens (primary N) is 1. The van der Waals surface area contributed by atoms with Crippen LogP contribution in [0.4, 0.5) is 10.5 Å². The van der Waals surface area contributed by atoms with E-state index in [-0.39, 0.29) is 0 Å². The van der Waals surface area contributed by atoms with Crippen molar-refractivity contribution >= 4 is 41.1 Å². The maximum Gasteiger partial charge on any atom is 0.408 e. The van der Waals surface area contributed by atoms with Gasteiger partial charge in [0.05, 0.1) is 17.1 Å². The molecule has 0 bridgehead atoms. The molecule has 0 aliphatic rings. The van der Waals surface area contributed by atoms with Crippen LogP contribution in [0.15, 0.2) is 42.5 Å². The molecule has 0 fully saturated rings. The van der Waals surface area contributed by atoms with Gasteiger partial charge in [-0.05, 0) is 72.1 Å². The summed E-state index contributed by atoms with van der Waals surface area (Å²) in [6.07, 6.45) is -0.917. The number of halogens is 1. The van der Waals surface area contributed by atoms with Gasteiger partial charge in [-0.2, -0.15) is 0 Å². The zero-order valence-electron chi connectivity index (χ0n) is 24.6. The second kappa shape index (κ2) is 13.2. The third-order valence-corrected chi connectivity index (χ3v) is 6.80. The van der Waals surface area contributed by atoms with Crippen molar-refractivity contribution in [1.82, 2.24) is 10.2 Å². The molecule has 0 saturated carbocycles. The zero-order valence-corrected chi connectivity index (χ0v) is 25.3. The van der Waals surface area contributed by atoms with Crippen molar-refractivity contribution < 1.29 is 23.9 Å². The number of hydrogen-bond donors (Lipinski definition) is 3.